The van der Waals surface area contributed by atoms with Crippen LogP contribution in [0.5, 0.6) is 0 Å². The molecule has 2 heteroatoms. The molecule has 0 unspecified atom stereocenters. The monoisotopic (exact) mass is 228 g/mol. The molecule has 16 heavy (non-hydrogen) atoms. The highest BCUT2D eigenvalue weighted by Crippen LogP contribution is 2.02. The molecule has 0 atom stereocenters. The highest BCUT2D eigenvalue weighted by Gasteiger charge is 1.90. The Balaban J connectivity index is 2.90. The Bertz CT molecular complexity index is 144. The molecule has 0 aliphatic carbocycles. The Morgan fingerprint density at radius 3 is 2.31 bits per heavy atom. The fourth-order valence-corrected chi connectivity index (χ4v) is 1.42. The largest absolute Gasteiger partial charge is 0.355 e. The first-order valence-electron chi connectivity index (χ1n) is 6.72. The average Bonchev–Trinajstić information content (AvgIpc) is 2.31. The van der Waals surface area contributed by atoms with E-state index in [1.165, 1.54) is 32.1 Å². The number of allylic oxidation sites excluding steroid dienone is 1. The molecule has 0 aromatic heterocycles. The van der Waals surface area contributed by atoms with Crippen LogP contribution in [0.25, 0.3) is 0 Å². The van der Waals surface area contributed by atoms with Gasteiger partial charge in [0.05, 0.1) is 6.61 Å². The van der Waals surface area contributed by atoms with E-state index in [0.717, 1.165) is 26.1 Å². The summed E-state index contributed by atoms with van der Waals surface area (Å²) in [6.45, 7) is 6.44. The van der Waals surface area contributed by atoms with Crippen LogP contribution in [-0.2, 0) is 9.47 Å². The highest BCUT2D eigenvalue weighted by atomic mass is 16.7. The van der Waals surface area contributed by atoms with Crippen molar-refractivity contribution in [3.63, 3.8) is 0 Å². The highest BCUT2D eigenvalue weighted by molar-refractivity contribution is 4.79. The summed E-state index contributed by atoms with van der Waals surface area (Å²) < 4.78 is 10.7. The average molecular weight is 228 g/mol. The summed E-state index contributed by atoms with van der Waals surface area (Å²) >= 11 is 0. The van der Waals surface area contributed by atoms with E-state index in [4.69, 9.17) is 9.47 Å². The molecule has 0 fully saturated rings. The van der Waals surface area contributed by atoms with Crippen molar-refractivity contribution in [2.75, 3.05) is 20.0 Å². The van der Waals surface area contributed by atoms with Crippen LogP contribution in [0.15, 0.2) is 12.2 Å². The molecule has 0 saturated carbocycles. The summed E-state index contributed by atoms with van der Waals surface area (Å²) in [7, 11) is 0. The molecule has 0 N–H and O–H groups in total. The van der Waals surface area contributed by atoms with Gasteiger partial charge >= 0.3 is 0 Å². The minimum Gasteiger partial charge on any atom is -0.355 e. The minimum atomic E-state index is 0.452. The molecular weight excluding hydrogens is 200 g/mol. The molecule has 0 radical (unpaired) electrons. The standard InChI is InChI=1S/C14H28O2/c1-3-5-7-9-11-13-16-14-15-12-10-8-6-4-2/h6,8H,3-5,7,9-14H2,1-2H3. The Morgan fingerprint density at radius 2 is 1.56 bits per heavy atom. The zero-order chi connectivity index (χ0) is 11.9. The van der Waals surface area contributed by atoms with Gasteiger partial charge in [-0.25, -0.2) is 0 Å². The Kier molecular flexibility index (Phi) is 14.3. The number of hydrogen-bond donors (Lipinski definition) is 0. The maximum absolute atomic E-state index is 5.37. The summed E-state index contributed by atoms with van der Waals surface area (Å²) in [5.41, 5.74) is 0. The van der Waals surface area contributed by atoms with Gasteiger partial charge in [0.2, 0.25) is 0 Å². The van der Waals surface area contributed by atoms with Crippen LogP contribution in [0.2, 0.25) is 0 Å². The van der Waals surface area contributed by atoms with Crippen LogP contribution < -0.4 is 0 Å². The second-order valence-corrected chi connectivity index (χ2v) is 4.02. The zero-order valence-electron chi connectivity index (χ0n) is 11.0. The quantitative estimate of drug-likeness (QED) is 0.281. The molecule has 0 aromatic carbocycles. The van der Waals surface area contributed by atoms with Crippen molar-refractivity contribution in [3.8, 4) is 0 Å². The van der Waals surface area contributed by atoms with Crippen molar-refractivity contribution in [1.29, 1.82) is 0 Å². The van der Waals surface area contributed by atoms with Crippen molar-refractivity contribution in [3.05, 3.63) is 12.2 Å². The van der Waals surface area contributed by atoms with E-state index in [2.05, 4.69) is 26.0 Å². The smallest absolute Gasteiger partial charge is 0.146 e. The van der Waals surface area contributed by atoms with Gasteiger partial charge in [-0.1, -0.05) is 51.7 Å². The Hall–Kier alpha value is -0.340. The Morgan fingerprint density at radius 1 is 0.812 bits per heavy atom. The molecule has 0 heterocycles. The summed E-state index contributed by atoms with van der Waals surface area (Å²) in [6.07, 6.45) is 12.9. The lowest BCUT2D eigenvalue weighted by molar-refractivity contribution is -0.0531. The summed E-state index contributed by atoms with van der Waals surface area (Å²) in [5, 5.41) is 0. The fourth-order valence-electron chi connectivity index (χ4n) is 1.42. The van der Waals surface area contributed by atoms with E-state index >= 15 is 0 Å². The van der Waals surface area contributed by atoms with Crippen LogP contribution >= 0.6 is 0 Å². The first kappa shape index (κ1) is 15.7. The number of rotatable bonds is 12. The number of unbranched alkanes of at least 4 members (excludes halogenated alkanes) is 4. The molecule has 0 aliphatic rings. The predicted octanol–water partition coefficient (Wildman–Crippen LogP) is 4.30. The van der Waals surface area contributed by atoms with Crippen molar-refractivity contribution in [1.82, 2.24) is 0 Å². The van der Waals surface area contributed by atoms with Crippen LogP contribution in [0.1, 0.15) is 58.8 Å². The third kappa shape index (κ3) is 13.7. The number of ether oxygens (including phenoxy) is 2. The van der Waals surface area contributed by atoms with E-state index in [9.17, 15) is 0 Å². The molecule has 0 aromatic rings. The molecule has 0 amide bonds. The Labute approximate surface area is 101 Å². The molecule has 0 spiro atoms. The fraction of sp³-hybridized carbons (Fsp3) is 0.857. The van der Waals surface area contributed by atoms with Crippen LogP contribution in [0.3, 0.4) is 0 Å². The van der Waals surface area contributed by atoms with Gasteiger partial charge in [-0.3, -0.25) is 0 Å². The van der Waals surface area contributed by atoms with Gasteiger partial charge in [0.15, 0.2) is 0 Å². The van der Waals surface area contributed by atoms with E-state index < -0.39 is 0 Å². The topological polar surface area (TPSA) is 18.5 Å². The normalized spacial score (nSPS) is 11.4. The minimum absolute atomic E-state index is 0.452. The third-order valence-electron chi connectivity index (χ3n) is 2.39. The van der Waals surface area contributed by atoms with Crippen LogP contribution in [-0.4, -0.2) is 20.0 Å². The molecule has 0 rings (SSSR count). The van der Waals surface area contributed by atoms with E-state index in [-0.39, 0.29) is 0 Å². The van der Waals surface area contributed by atoms with E-state index in [1.807, 2.05) is 0 Å². The van der Waals surface area contributed by atoms with E-state index in [1.54, 1.807) is 0 Å². The van der Waals surface area contributed by atoms with Gasteiger partial charge in [-0.05, 0) is 19.3 Å². The number of hydrogen-bond acceptors (Lipinski definition) is 2. The van der Waals surface area contributed by atoms with Gasteiger partial charge < -0.3 is 9.47 Å². The van der Waals surface area contributed by atoms with Crippen molar-refractivity contribution >= 4 is 0 Å². The lowest BCUT2D eigenvalue weighted by Gasteiger charge is -2.04. The molecular formula is C14H28O2. The lowest BCUT2D eigenvalue weighted by Crippen LogP contribution is -2.02. The second kappa shape index (κ2) is 14.7. The van der Waals surface area contributed by atoms with Crippen LogP contribution in [0, 0.1) is 0 Å². The molecule has 2 nitrogen and oxygen atoms in total. The zero-order valence-corrected chi connectivity index (χ0v) is 11.0. The van der Waals surface area contributed by atoms with Crippen molar-refractivity contribution < 1.29 is 9.47 Å². The van der Waals surface area contributed by atoms with Gasteiger partial charge in [-0.15, -0.1) is 0 Å². The summed E-state index contributed by atoms with van der Waals surface area (Å²) in [4.78, 5) is 0. The summed E-state index contributed by atoms with van der Waals surface area (Å²) in [6, 6.07) is 0. The maximum Gasteiger partial charge on any atom is 0.146 e. The van der Waals surface area contributed by atoms with Gasteiger partial charge in [0, 0.05) is 6.61 Å². The van der Waals surface area contributed by atoms with Crippen molar-refractivity contribution in [2.24, 2.45) is 0 Å². The predicted molar refractivity (Wildman–Crippen MR) is 69.6 cm³/mol. The molecule has 0 bridgehead atoms. The van der Waals surface area contributed by atoms with Gasteiger partial charge in [0.25, 0.3) is 0 Å². The second-order valence-electron chi connectivity index (χ2n) is 4.02. The lowest BCUT2D eigenvalue weighted by atomic mass is 10.2. The first-order chi connectivity index (χ1) is 7.91. The molecule has 0 aliphatic heterocycles. The van der Waals surface area contributed by atoms with Crippen molar-refractivity contribution in [2.45, 2.75) is 58.8 Å². The molecule has 0 saturated heterocycles. The summed E-state index contributed by atoms with van der Waals surface area (Å²) in [5.74, 6) is 0. The van der Waals surface area contributed by atoms with Crippen LogP contribution in [0.4, 0.5) is 0 Å². The maximum atomic E-state index is 5.37. The SMILES string of the molecule is CCC=CCCOCOCCCCCCC. The van der Waals surface area contributed by atoms with E-state index in [0.29, 0.717) is 6.79 Å². The molecule has 96 valence electrons. The third-order valence-corrected chi connectivity index (χ3v) is 2.39. The first-order valence-corrected chi connectivity index (χ1v) is 6.72. The van der Waals surface area contributed by atoms with Gasteiger partial charge in [-0.2, -0.15) is 0 Å². The van der Waals surface area contributed by atoms with Gasteiger partial charge in [0.1, 0.15) is 6.79 Å².